The number of likely N-dealkylation sites (tertiary alicyclic amines) is 1. The number of carbonyl (C=O) groups is 3. The lowest BCUT2D eigenvalue weighted by Crippen LogP contribution is -2.43. The Bertz CT molecular complexity index is 274. The van der Waals surface area contributed by atoms with Gasteiger partial charge >= 0.3 is 11.9 Å². The summed E-state index contributed by atoms with van der Waals surface area (Å²) < 4.78 is 4.31. The highest BCUT2D eigenvalue weighted by atomic mass is 16.5. The van der Waals surface area contributed by atoms with Crippen LogP contribution in [-0.2, 0) is 19.1 Å². The third kappa shape index (κ3) is 1.92. The molecule has 0 bridgehead atoms. The lowest BCUT2D eigenvalue weighted by atomic mass is 10.1. The van der Waals surface area contributed by atoms with Crippen molar-refractivity contribution in [2.24, 2.45) is 0 Å². The summed E-state index contributed by atoms with van der Waals surface area (Å²) in [7, 11) is 1.15. The average Bonchev–Trinajstić information content (AvgIpc) is 2.63. The van der Waals surface area contributed by atoms with Crippen molar-refractivity contribution in [2.75, 3.05) is 13.7 Å². The van der Waals surface area contributed by atoms with Crippen LogP contribution < -0.4 is 0 Å². The van der Waals surface area contributed by atoms with Crippen LogP contribution in [0.15, 0.2) is 0 Å². The summed E-state index contributed by atoms with van der Waals surface area (Å²) in [6, 6.07) is -0.443. The van der Waals surface area contributed by atoms with Crippen LogP contribution in [-0.4, -0.2) is 42.3 Å². The summed E-state index contributed by atoms with van der Waals surface area (Å²) in [6.07, 6.45) is 1.39. The van der Waals surface area contributed by atoms with E-state index in [1.54, 1.807) is 0 Å². The van der Waals surface area contributed by atoms with Crippen molar-refractivity contribution in [3.05, 3.63) is 0 Å². The summed E-state index contributed by atoms with van der Waals surface area (Å²) >= 11 is 0. The van der Waals surface area contributed by atoms with E-state index < -0.39 is 17.9 Å². The first-order chi connectivity index (χ1) is 6.57. The monoisotopic (exact) mass is 199 g/mol. The Labute approximate surface area is 82.0 Å². The minimum atomic E-state index is -0.904. The SMILES string of the molecule is COC(=O)C(=O)N1CCC[C@H]1C(C)=O. The smallest absolute Gasteiger partial charge is 0.396 e. The zero-order valence-electron chi connectivity index (χ0n) is 8.28. The van der Waals surface area contributed by atoms with Gasteiger partial charge in [-0.3, -0.25) is 9.59 Å². The number of rotatable bonds is 1. The summed E-state index contributed by atoms with van der Waals surface area (Å²) in [5.41, 5.74) is 0. The molecule has 5 nitrogen and oxygen atoms in total. The second-order valence-corrected chi connectivity index (χ2v) is 3.26. The molecule has 0 saturated carbocycles. The molecule has 78 valence electrons. The molecule has 1 amide bonds. The van der Waals surface area contributed by atoms with Crippen LogP contribution in [0.2, 0.25) is 0 Å². The maximum absolute atomic E-state index is 11.4. The zero-order valence-corrected chi connectivity index (χ0v) is 8.28. The first-order valence-electron chi connectivity index (χ1n) is 4.47. The van der Waals surface area contributed by atoms with Crippen LogP contribution >= 0.6 is 0 Å². The van der Waals surface area contributed by atoms with Crippen molar-refractivity contribution in [1.29, 1.82) is 0 Å². The number of ketones is 1. The molecular weight excluding hydrogens is 186 g/mol. The second-order valence-electron chi connectivity index (χ2n) is 3.26. The maximum Gasteiger partial charge on any atom is 0.396 e. The summed E-state index contributed by atoms with van der Waals surface area (Å²) in [5.74, 6) is -1.71. The van der Waals surface area contributed by atoms with Gasteiger partial charge in [-0.05, 0) is 19.8 Å². The Hall–Kier alpha value is -1.39. The molecule has 0 spiro atoms. The molecule has 1 aliphatic heterocycles. The number of ether oxygens (including phenoxy) is 1. The molecule has 0 aromatic carbocycles. The Morgan fingerprint density at radius 3 is 2.50 bits per heavy atom. The zero-order chi connectivity index (χ0) is 10.7. The fourth-order valence-electron chi connectivity index (χ4n) is 1.64. The van der Waals surface area contributed by atoms with Gasteiger partial charge in [0, 0.05) is 6.54 Å². The molecule has 1 aliphatic rings. The van der Waals surface area contributed by atoms with Gasteiger partial charge < -0.3 is 9.64 Å². The molecule has 0 radical (unpaired) electrons. The third-order valence-corrected chi connectivity index (χ3v) is 2.34. The molecule has 5 heteroatoms. The van der Waals surface area contributed by atoms with Crippen molar-refractivity contribution < 1.29 is 19.1 Å². The molecule has 0 unspecified atom stereocenters. The van der Waals surface area contributed by atoms with E-state index in [1.165, 1.54) is 11.8 Å². The van der Waals surface area contributed by atoms with Crippen molar-refractivity contribution in [2.45, 2.75) is 25.8 Å². The molecule has 0 aromatic rings. The minimum absolute atomic E-state index is 0.0836. The van der Waals surface area contributed by atoms with Gasteiger partial charge in [0.2, 0.25) is 0 Å². The number of Topliss-reactive ketones (excluding diaryl/α,β-unsaturated/α-hetero) is 1. The van der Waals surface area contributed by atoms with E-state index in [-0.39, 0.29) is 5.78 Å². The van der Waals surface area contributed by atoms with Crippen molar-refractivity contribution in [3.63, 3.8) is 0 Å². The van der Waals surface area contributed by atoms with E-state index in [4.69, 9.17) is 0 Å². The molecule has 0 N–H and O–H groups in total. The van der Waals surface area contributed by atoms with Gasteiger partial charge in [-0.1, -0.05) is 0 Å². The molecule has 1 fully saturated rings. The van der Waals surface area contributed by atoms with Crippen molar-refractivity contribution in [3.8, 4) is 0 Å². The first kappa shape index (κ1) is 10.7. The molecule has 0 aromatic heterocycles. The fraction of sp³-hybridized carbons (Fsp3) is 0.667. The Kier molecular flexibility index (Phi) is 3.22. The lowest BCUT2D eigenvalue weighted by molar-refractivity contribution is -0.159. The van der Waals surface area contributed by atoms with E-state index in [0.717, 1.165) is 13.5 Å². The molecular formula is C9H13NO4. The molecule has 1 saturated heterocycles. The lowest BCUT2D eigenvalue weighted by Gasteiger charge is -2.20. The fourth-order valence-corrected chi connectivity index (χ4v) is 1.64. The summed E-state index contributed by atoms with van der Waals surface area (Å²) in [6.45, 7) is 1.88. The predicted molar refractivity (Wildman–Crippen MR) is 47.4 cm³/mol. The predicted octanol–water partition coefficient (Wildman–Crippen LogP) is -0.261. The standard InChI is InChI=1S/C9H13NO4/c1-6(11)7-4-3-5-10(7)8(12)9(13)14-2/h7H,3-5H2,1-2H3/t7-/m0/s1. The molecule has 1 atom stereocenters. The number of hydrogen-bond acceptors (Lipinski definition) is 4. The molecule has 14 heavy (non-hydrogen) atoms. The highest BCUT2D eigenvalue weighted by Gasteiger charge is 2.35. The van der Waals surface area contributed by atoms with E-state index >= 15 is 0 Å². The third-order valence-electron chi connectivity index (χ3n) is 2.34. The van der Waals surface area contributed by atoms with Gasteiger partial charge in [0.25, 0.3) is 0 Å². The van der Waals surface area contributed by atoms with Crippen LogP contribution in [0.1, 0.15) is 19.8 Å². The van der Waals surface area contributed by atoms with Gasteiger partial charge in [-0.15, -0.1) is 0 Å². The van der Waals surface area contributed by atoms with E-state index in [2.05, 4.69) is 4.74 Å². The van der Waals surface area contributed by atoms with Gasteiger partial charge in [0.1, 0.15) is 0 Å². The largest absolute Gasteiger partial charge is 0.462 e. The average molecular weight is 199 g/mol. The normalized spacial score (nSPS) is 20.7. The van der Waals surface area contributed by atoms with Crippen LogP contribution in [0.3, 0.4) is 0 Å². The second kappa shape index (κ2) is 4.21. The summed E-state index contributed by atoms with van der Waals surface area (Å²) in [5, 5.41) is 0. The topological polar surface area (TPSA) is 63.7 Å². The van der Waals surface area contributed by atoms with Gasteiger partial charge in [-0.25, -0.2) is 4.79 Å². The van der Waals surface area contributed by atoms with E-state index in [9.17, 15) is 14.4 Å². The van der Waals surface area contributed by atoms with Crippen molar-refractivity contribution >= 4 is 17.7 Å². The number of hydrogen-bond donors (Lipinski definition) is 0. The maximum atomic E-state index is 11.4. The molecule has 1 heterocycles. The Morgan fingerprint density at radius 1 is 1.36 bits per heavy atom. The van der Waals surface area contributed by atoms with E-state index in [1.807, 2.05) is 0 Å². The minimum Gasteiger partial charge on any atom is -0.462 e. The van der Waals surface area contributed by atoms with E-state index in [0.29, 0.717) is 13.0 Å². The highest BCUT2D eigenvalue weighted by Crippen LogP contribution is 2.18. The number of methoxy groups -OCH3 is 1. The first-order valence-corrected chi connectivity index (χ1v) is 4.47. The van der Waals surface area contributed by atoms with Crippen LogP contribution in [0.4, 0.5) is 0 Å². The van der Waals surface area contributed by atoms with Crippen molar-refractivity contribution in [1.82, 2.24) is 4.90 Å². The Balaban J connectivity index is 2.72. The molecule has 1 rings (SSSR count). The van der Waals surface area contributed by atoms with Gasteiger partial charge in [0.05, 0.1) is 13.2 Å². The number of carbonyl (C=O) groups excluding carboxylic acids is 3. The highest BCUT2D eigenvalue weighted by molar-refractivity contribution is 6.32. The molecule has 0 aliphatic carbocycles. The van der Waals surface area contributed by atoms with Crippen LogP contribution in [0.5, 0.6) is 0 Å². The quantitative estimate of drug-likeness (QED) is 0.431. The number of nitrogens with zero attached hydrogens (tertiary/aromatic N) is 1. The summed E-state index contributed by atoms with van der Waals surface area (Å²) in [4.78, 5) is 34.7. The van der Waals surface area contributed by atoms with Crippen LogP contribution in [0, 0.1) is 0 Å². The van der Waals surface area contributed by atoms with Crippen LogP contribution in [0.25, 0.3) is 0 Å². The van der Waals surface area contributed by atoms with Gasteiger partial charge in [0.15, 0.2) is 5.78 Å². The number of esters is 1. The number of amides is 1. The van der Waals surface area contributed by atoms with Gasteiger partial charge in [-0.2, -0.15) is 0 Å². The Morgan fingerprint density at radius 2 is 2.00 bits per heavy atom.